The number of carbonyl (C=O) groups excluding carboxylic acids is 1. The molecule has 0 fully saturated rings. The Balaban J connectivity index is 2.36. The van der Waals surface area contributed by atoms with Gasteiger partial charge in [-0.25, -0.2) is 14.8 Å². The van der Waals surface area contributed by atoms with Crippen molar-refractivity contribution in [1.29, 1.82) is 0 Å². The Labute approximate surface area is 137 Å². The molecule has 1 unspecified atom stereocenters. The molecule has 0 spiro atoms. The molecule has 2 N–H and O–H groups in total. The van der Waals surface area contributed by atoms with Gasteiger partial charge in [0.1, 0.15) is 17.2 Å². The molecule has 0 aliphatic carbocycles. The van der Waals surface area contributed by atoms with Crippen molar-refractivity contribution in [3.8, 4) is 5.88 Å². The second-order valence-corrected chi connectivity index (χ2v) is 6.00. The molecule has 0 saturated carbocycles. The molecule has 124 valence electrons. The van der Waals surface area contributed by atoms with Gasteiger partial charge in [0.05, 0.1) is 16.9 Å². The highest BCUT2D eigenvalue weighted by molar-refractivity contribution is 7.20. The summed E-state index contributed by atoms with van der Waals surface area (Å²) in [4.78, 5) is 33.0. The van der Waals surface area contributed by atoms with Crippen LogP contribution in [-0.4, -0.2) is 39.6 Å². The van der Waals surface area contributed by atoms with E-state index in [9.17, 15) is 9.59 Å². The number of aliphatic carboxylic acids is 1. The molecule has 2 heterocycles. The lowest BCUT2D eigenvalue weighted by Gasteiger charge is -2.13. The van der Waals surface area contributed by atoms with Crippen molar-refractivity contribution in [1.82, 2.24) is 15.3 Å². The predicted octanol–water partition coefficient (Wildman–Crippen LogP) is 2.38. The van der Waals surface area contributed by atoms with Gasteiger partial charge in [0.25, 0.3) is 5.91 Å². The maximum absolute atomic E-state index is 12.4. The number of fused-ring (bicyclic) bond motifs is 1. The van der Waals surface area contributed by atoms with E-state index < -0.39 is 17.9 Å². The quantitative estimate of drug-likeness (QED) is 0.804. The van der Waals surface area contributed by atoms with Crippen molar-refractivity contribution < 1.29 is 19.4 Å². The highest BCUT2D eigenvalue weighted by atomic mass is 32.1. The lowest BCUT2D eigenvalue weighted by Crippen LogP contribution is -2.40. The van der Waals surface area contributed by atoms with Crippen molar-refractivity contribution in [3.63, 3.8) is 0 Å². The number of amides is 1. The fraction of sp³-hybridized carbons (Fsp3) is 0.467. The minimum Gasteiger partial charge on any atom is -0.480 e. The molecule has 0 bridgehead atoms. The number of rotatable bonds is 7. The number of nitrogens with zero attached hydrogens (tertiary/aromatic N) is 2. The normalized spacial score (nSPS) is 12.1. The fourth-order valence-corrected chi connectivity index (χ4v) is 3.31. The molecule has 2 rings (SSSR count). The summed E-state index contributed by atoms with van der Waals surface area (Å²) >= 11 is 1.21. The van der Waals surface area contributed by atoms with Crippen LogP contribution in [0.2, 0.25) is 0 Å². The van der Waals surface area contributed by atoms with Crippen molar-refractivity contribution in [2.75, 3.05) is 6.61 Å². The molecule has 1 amide bonds. The van der Waals surface area contributed by atoms with Crippen LogP contribution >= 0.6 is 11.3 Å². The number of aryl methyl sites for hydroxylation is 1. The first-order chi connectivity index (χ1) is 11.0. The molecule has 7 nitrogen and oxygen atoms in total. The summed E-state index contributed by atoms with van der Waals surface area (Å²) in [6.45, 7) is 5.97. The number of hydrogen-bond acceptors (Lipinski definition) is 6. The number of aromatic nitrogens is 2. The fourth-order valence-electron chi connectivity index (χ4n) is 2.27. The molecule has 23 heavy (non-hydrogen) atoms. The summed E-state index contributed by atoms with van der Waals surface area (Å²) in [6.07, 6.45) is 2.44. The van der Waals surface area contributed by atoms with Crippen LogP contribution in [-0.2, 0) is 4.79 Å². The van der Waals surface area contributed by atoms with Crippen LogP contribution in [0.5, 0.6) is 5.88 Å². The van der Waals surface area contributed by atoms with Gasteiger partial charge in [0.15, 0.2) is 0 Å². The third kappa shape index (κ3) is 3.58. The third-order valence-corrected chi connectivity index (χ3v) is 4.56. The van der Waals surface area contributed by atoms with Gasteiger partial charge in [-0.05, 0) is 25.8 Å². The lowest BCUT2D eigenvalue weighted by molar-refractivity contribution is -0.139. The number of nitrogens with one attached hydrogen (secondary N) is 1. The zero-order valence-corrected chi connectivity index (χ0v) is 14.1. The van der Waals surface area contributed by atoms with Crippen LogP contribution in [0.1, 0.15) is 41.9 Å². The number of ether oxygens (including phenoxy) is 1. The molecule has 0 radical (unpaired) electrons. The second kappa shape index (κ2) is 7.36. The lowest BCUT2D eigenvalue weighted by atomic mass is 10.1. The van der Waals surface area contributed by atoms with Crippen molar-refractivity contribution >= 4 is 33.4 Å². The molecular weight excluding hydrogens is 318 g/mol. The van der Waals surface area contributed by atoms with Crippen LogP contribution < -0.4 is 10.1 Å². The average Bonchev–Trinajstić information content (AvgIpc) is 2.85. The monoisotopic (exact) mass is 337 g/mol. The highest BCUT2D eigenvalue weighted by Gasteiger charge is 2.24. The summed E-state index contributed by atoms with van der Waals surface area (Å²) in [5, 5.41) is 12.4. The van der Waals surface area contributed by atoms with Gasteiger partial charge < -0.3 is 15.2 Å². The van der Waals surface area contributed by atoms with Gasteiger partial charge in [-0.2, -0.15) is 0 Å². The maximum Gasteiger partial charge on any atom is 0.326 e. The van der Waals surface area contributed by atoms with Gasteiger partial charge >= 0.3 is 5.97 Å². The van der Waals surface area contributed by atoms with Gasteiger partial charge in [0, 0.05) is 0 Å². The minimum absolute atomic E-state index is 0.384. The molecule has 1 atom stereocenters. The molecule has 2 aromatic heterocycles. The van der Waals surface area contributed by atoms with E-state index in [0.717, 1.165) is 0 Å². The number of carboxylic acids is 1. The topological polar surface area (TPSA) is 101 Å². The Morgan fingerprint density at radius 2 is 2.13 bits per heavy atom. The molecule has 0 aromatic carbocycles. The van der Waals surface area contributed by atoms with Gasteiger partial charge in [-0.3, -0.25) is 4.79 Å². The van der Waals surface area contributed by atoms with E-state index in [2.05, 4.69) is 15.3 Å². The minimum atomic E-state index is -1.03. The molecule has 0 aliphatic rings. The van der Waals surface area contributed by atoms with E-state index in [0.29, 0.717) is 46.0 Å². The maximum atomic E-state index is 12.4. The third-order valence-electron chi connectivity index (χ3n) is 3.36. The van der Waals surface area contributed by atoms with Crippen molar-refractivity contribution in [2.24, 2.45) is 0 Å². The number of hydrogen-bond donors (Lipinski definition) is 2. The summed E-state index contributed by atoms with van der Waals surface area (Å²) in [6, 6.07) is -0.894. The van der Waals surface area contributed by atoms with E-state index in [-0.39, 0.29) is 0 Å². The number of thiophene rings is 1. The van der Waals surface area contributed by atoms with Gasteiger partial charge in [0.2, 0.25) is 5.88 Å². The summed E-state index contributed by atoms with van der Waals surface area (Å²) in [5.74, 6) is -1.00. The molecule has 2 aromatic rings. The van der Waals surface area contributed by atoms with Crippen LogP contribution in [0, 0.1) is 6.92 Å². The average molecular weight is 337 g/mol. The molecule has 0 aliphatic heterocycles. The van der Waals surface area contributed by atoms with Crippen LogP contribution in [0.4, 0.5) is 0 Å². The zero-order valence-electron chi connectivity index (χ0n) is 13.3. The van der Waals surface area contributed by atoms with Crippen LogP contribution in [0.25, 0.3) is 10.2 Å². The standard InChI is InChI=1S/C15H19N3O4S/c1-4-6-9(15(20)21)18-12(19)11-8(3)10-13(22-5-2)16-7-17-14(10)23-11/h7,9H,4-6H2,1-3H3,(H,18,19)(H,20,21). The largest absolute Gasteiger partial charge is 0.480 e. The van der Waals surface area contributed by atoms with Gasteiger partial charge in [-0.1, -0.05) is 13.3 Å². The Morgan fingerprint density at radius 1 is 1.39 bits per heavy atom. The Bertz CT molecular complexity index is 729. The van der Waals surface area contributed by atoms with Crippen LogP contribution in [0.3, 0.4) is 0 Å². The smallest absolute Gasteiger partial charge is 0.326 e. The van der Waals surface area contributed by atoms with Crippen molar-refractivity contribution in [2.45, 2.75) is 39.7 Å². The molecule has 0 saturated heterocycles. The van der Waals surface area contributed by atoms with Crippen LogP contribution in [0.15, 0.2) is 6.33 Å². The number of carboxylic acid groups (broad SMARTS) is 1. The highest BCUT2D eigenvalue weighted by Crippen LogP contribution is 2.34. The number of carbonyl (C=O) groups is 2. The van der Waals surface area contributed by atoms with Gasteiger partial charge in [-0.15, -0.1) is 11.3 Å². The predicted molar refractivity (Wildman–Crippen MR) is 87.1 cm³/mol. The Morgan fingerprint density at radius 3 is 2.74 bits per heavy atom. The molecular formula is C15H19N3O4S. The summed E-state index contributed by atoms with van der Waals surface area (Å²) < 4.78 is 5.48. The van der Waals surface area contributed by atoms with E-state index in [4.69, 9.17) is 9.84 Å². The zero-order chi connectivity index (χ0) is 17.0. The first kappa shape index (κ1) is 17.1. The van der Waals surface area contributed by atoms with E-state index in [1.54, 1.807) is 6.92 Å². The second-order valence-electron chi connectivity index (χ2n) is 5.00. The summed E-state index contributed by atoms with van der Waals surface area (Å²) in [7, 11) is 0. The molecule has 8 heteroatoms. The van der Waals surface area contributed by atoms with E-state index in [1.807, 2.05) is 13.8 Å². The SMILES string of the molecule is CCCC(NC(=O)c1sc2ncnc(OCC)c2c1C)C(=O)O. The summed E-state index contributed by atoms with van der Waals surface area (Å²) in [5.41, 5.74) is 0.701. The first-order valence-corrected chi connectivity index (χ1v) is 8.21. The van der Waals surface area contributed by atoms with Crippen molar-refractivity contribution in [3.05, 3.63) is 16.8 Å². The Kier molecular flexibility index (Phi) is 5.49. The Hall–Kier alpha value is -2.22. The van der Waals surface area contributed by atoms with E-state index >= 15 is 0 Å². The first-order valence-electron chi connectivity index (χ1n) is 7.40. The van der Waals surface area contributed by atoms with E-state index in [1.165, 1.54) is 17.7 Å².